The van der Waals surface area contributed by atoms with E-state index in [1.807, 2.05) is 0 Å². The van der Waals surface area contributed by atoms with Crippen LogP contribution < -0.4 is 11.0 Å². The highest BCUT2D eigenvalue weighted by Crippen LogP contribution is 2.22. The molecule has 0 atom stereocenters. The summed E-state index contributed by atoms with van der Waals surface area (Å²) in [6.45, 7) is 6.25. The van der Waals surface area contributed by atoms with Crippen LogP contribution in [0.5, 0.6) is 0 Å². The summed E-state index contributed by atoms with van der Waals surface area (Å²) in [6, 6.07) is 4.24. The summed E-state index contributed by atoms with van der Waals surface area (Å²) in [7, 11) is 1.69. The maximum Gasteiger partial charge on any atom is 0.356 e. The third-order valence-corrected chi connectivity index (χ3v) is 3.34. The van der Waals surface area contributed by atoms with Crippen molar-refractivity contribution >= 4 is 5.95 Å². The van der Waals surface area contributed by atoms with E-state index in [-0.39, 0.29) is 5.69 Å². The number of nitrogens with zero attached hydrogens (tertiary/aromatic N) is 3. The van der Waals surface area contributed by atoms with Crippen molar-refractivity contribution in [2.24, 2.45) is 0 Å². The van der Waals surface area contributed by atoms with E-state index in [0.717, 1.165) is 29.7 Å². The van der Waals surface area contributed by atoms with Gasteiger partial charge in [0.05, 0.1) is 5.69 Å². The molecule has 5 nitrogen and oxygen atoms in total. The standard InChI is InChI=1S/C15H20N4O/c1-5-11-7-10(3)8-12(6-2)13(11)19-9-17-14(16-4)18-15(19)20/h7-9H,5-6H2,1-4H3,(H,16,18,20). The molecule has 0 aliphatic heterocycles. The first-order valence-corrected chi connectivity index (χ1v) is 6.86. The van der Waals surface area contributed by atoms with Crippen molar-refractivity contribution in [3.05, 3.63) is 45.6 Å². The van der Waals surface area contributed by atoms with E-state index < -0.39 is 0 Å². The molecule has 0 spiro atoms. The van der Waals surface area contributed by atoms with Crippen molar-refractivity contribution in [1.82, 2.24) is 14.5 Å². The number of nitrogens with one attached hydrogen (secondary N) is 1. The van der Waals surface area contributed by atoms with Gasteiger partial charge in [-0.1, -0.05) is 31.5 Å². The lowest BCUT2D eigenvalue weighted by Gasteiger charge is -2.16. The van der Waals surface area contributed by atoms with Crippen LogP contribution in [0.2, 0.25) is 0 Å². The molecule has 0 saturated heterocycles. The van der Waals surface area contributed by atoms with Gasteiger partial charge < -0.3 is 5.32 Å². The van der Waals surface area contributed by atoms with Gasteiger partial charge in [-0.05, 0) is 30.9 Å². The minimum atomic E-state index is -0.308. The Morgan fingerprint density at radius 2 is 1.80 bits per heavy atom. The fourth-order valence-electron chi connectivity index (χ4n) is 2.39. The van der Waals surface area contributed by atoms with Gasteiger partial charge in [0.2, 0.25) is 5.95 Å². The largest absolute Gasteiger partial charge is 0.357 e. The minimum absolute atomic E-state index is 0.308. The lowest BCUT2D eigenvalue weighted by molar-refractivity contribution is 0.836. The molecule has 1 heterocycles. The minimum Gasteiger partial charge on any atom is -0.357 e. The Kier molecular flexibility index (Phi) is 4.17. The van der Waals surface area contributed by atoms with Crippen LogP contribution in [0.25, 0.3) is 5.69 Å². The molecule has 20 heavy (non-hydrogen) atoms. The summed E-state index contributed by atoms with van der Waals surface area (Å²) < 4.78 is 1.54. The number of anilines is 1. The molecule has 0 aliphatic carbocycles. The second kappa shape index (κ2) is 5.86. The van der Waals surface area contributed by atoms with E-state index >= 15 is 0 Å². The summed E-state index contributed by atoms with van der Waals surface area (Å²) in [5.74, 6) is 0.342. The fourth-order valence-corrected chi connectivity index (χ4v) is 2.39. The van der Waals surface area contributed by atoms with E-state index in [4.69, 9.17) is 0 Å². The van der Waals surface area contributed by atoms with Gasteiger partial charge in [-0.3, -0.25) is 4.57 Å². The number of hydrogen-bond donors (Lipinski definition) is 1. The lowest BCUT2D eigenvalue weighted by atomic mass is 9.99. The molecule has 5 heteroatoms. The third kappa shape index (κ3) is 2.57. The van der Waals surface area contributed by atoms with Gasteiger partial charge in [0, 0.05) is 7.05 Å². The molecule has 1 aromatic heterocycles. The van der Waals surface area contributed by atoms with Gasteiger partial charge in [-0.25, -0.2) is 9.78 Å². The Labute approximate surface area is 118 Å². The van der Waals surface area contributed by atoms with Crippen LogP contribution in [0.1, 0.15) is 30.5 Å². The summed E-state index contributed by atoms with van der Waals surface area (Å²) in [4.78, 5) is 20.3. The number of aromatic nitrogens is 3. The average molecular weight is 272 g/mol. The highest BCUT2D eigenvalue weighted by Gasteiger charge is 2.12. The van der Waals surface area contributed by atoms with E-state index in [1.54, 1.807) is 13.4 Å². The molecule has 1 N–H and O–H groups in total. The van der Waals surface area contributed by atoms with E-state index in [0.29, 0.717) is 5.95 Å². The first-order chi connectivity index (χ1) is 9.60. The highest BCUT2D eigenvalue weighted by atomic mass is 16.1. The summed E-state index contributed by atoms with van der Waals surface area (Å²) in [6.07, 6.45) is 3.28. The van der Waals surface area contributed by atoms with Gasteiger partial charge in [0.25, 0.3) is 0 Å². The van der Waals surface area contributed by atoms with Crippen molar-refractivity contribution in [2.75, 3.05) is 12.4 Å². The zero-order valence-electron chi connectivity index (χ0n) is 12.4. The van der Waals surface area contributed by atoms with Crippen molar-refractivity contribution < 1.29 is 0 Å². The maximum atomic E-state index is 12.2. The Morgan fingerprint density at radius 1 is 1.20 bits per heavy atom. The number of benzene rings is 1. The SMILES string of the molecule is CCc1cc(C)cc(CC)c1-n1cnc(NC)nc1=O. The van der Waals surface area contributed by atoms with Crippen LogP contribution in [0.3, 0.4) is 0 Å². The molecular weight excluding hydrogens is 252 g/mol. The summed E-state index contributed by atoms with van der Waals surface area (Å²) >= 11 is 0. The zero-order valence-corrected chi connectivity index (χ0v) is 12.4. The average Bonchev–Trinajstić information content (AvgIpc) is 2.46. The normalized spacial score (nSPS) is 10.6. The summed E-state index contributed by atoms with van der Waals surface area (Å²) in [5, 5.41) is 2.78. The molecule has 0 amide bonds. The van der Waals surface area contributed by atoms with Crippen LogP contribution in [0.4, 0.5) is 5.95 Å². The van der Waals surface area contributed by atoms with Crippen molar-refractivity contribution in [3.63, 3.8) is 0 Å². The van der Waals surface area contributed by atoms with Crippen LogP contribution >= 0.6 is 0 Å². The molecule has 2 aromatic rings. The van der Waals surface area contributed by atoms with E-state index in [9.17, 15) is 4.79 Å². The van der Waals surface area contributed by atoms with Gasteiger partial charge in [-0.15, -0.1) is 0 Å². The molecule has 0 saturated carbocycles. The van der Waals surface area contributed by atoms with Crippen LogP contribution in [-0.4, -0.2) is 21.6 Å². The number of hydrogen-bond acceptors (Lipinski definition) is 4. The van der Waals surface area contributed by atoms with Gasteiger partial charge >= 0.3 is 5.69 Å². The molecule has 0 bridgehead atoms. The maximum absolute atomic E-state index is 12.2. The molecule has 0 fully saturated rings. The first-order valence-electron chi connectivity index (χ1n) is 6.86. The Bertz CT molecular complexity index is 651. The van der Waals surface area contributed by atoms with Crippen LogP contribution in [-0.2, 0) is 12.8 Å². The second-order valence-corrected chi connectivity index (χ2v) is 4.72. The Hall–Kier alpha value is -2.17. The van der Waals surface area contributed by atoms with Crippen LogP contribution in [0, 0.1) is 6.92 Å². The first kappa shape index (κ1) is 14.2. The predicted molar refractivity (Wildman–Crippen MR) is 80.7 cm³/mol. The van der Waals surface area contributed by atoms with Gasteiger partial charge in [0.15, 0.2) is 0 Å². The molecule has 0 unspecified atom stereocenters. The number of aryl methyl sites for hydroxylation is 3. The fraction of sp³-hybridized carbons (Fsp3) is 0.400. The molecule has 1 aromatic carbocycles. The highest BCUT2D eigenvalue weighted by molar-refractivity contribution is 5.50. The van der Waals surface area contributed by atoms with E-state index in [1.165, 1.54) is 10.1 Å². The summed E-state index contributed by atoms with van der Waals surface area (Å²) in [5.41, 5.74) is 4.11. The third-order valence-electron chi connectivity index (χ3n) is 3.34. The van der Waals surface area contributed by atoms with Crippen LogP contribution in [0.15, 0.2) is 23.3 Å². The van der Waals surface area contributed by atoms with E-state index in [2.05, 4.69) is 48.2 Å². The topological polar surface area (TPSA) is 59.8 Å². The van der Waals surface area contributed by atoms with Crippen molar-refractivity contribution in [2.45, 2.75) is 33.6 Å². The molecule has 0 aliphatic rings. The lowest BCUT2D eigenvalue weighted by Crippen LogP contribution is -2.25. The predicted octanol–water partition coefficient (Wildman–Crippen LogP) is 2.10. The van der Waals surface area contributed by atoms with Gasteiger partial charge in [0.1, 0.15) is 6.33 Å². The Balaban J connectivity index is 2.71. The van der Waals surface area contributed by atoms with Crippen molar-refractivity contribution in [3.8, 4) is 5.69 Å². The van der Waals surface area contributed by atoms with Gasteiger partial charge in [-0.2, -0.15) is 4.98 Å². The second-order valence-electron chi connectivity index (χ2n) is 4.72. The molecular formula is C15H20N4O. The molecule has 2 rings (SSSR count). The smallest absolute Gasteiger partial charge is 0.356 e. The number of rotatable bonds is 4. The monoisotopic (exact) mass is 272 g/mol. The van der Waals surface area contributed by atoms with Crippen molar-refractivity contribution in [1.29, 1.82) is 0 Å². The zero-order chi connectivity index (χ0) is 14.7. The Morgan fingerprint density at radius 3 is 2.25 bits per heavy atom. The molecule has 106 valence electrons. The molecule has 0 radical (unpaired) electrons. The quantitative estimate of drug-likeness (QED) is 0.926.